The van der Waals surface area contributed by atoms with E-state index in [9.17, 15) is 0 Å². The van der Waals surface area contributed by atoms with Crippen LogP contribution in [0.15, 0.2) is 188 Å². The van der Waals surface area contributed by atoms with Crippen molar-refractivity contribution >= 4 is 28.1 Å². The number of fused-ring (bicyclic) bond motifs is 1. The molecule has 0 aliphatic carbocycles. The van der Waals surface area contributed by atoms with Gasteiger partial charge in [-0.2, -0.15) is 0 Å². The second-order valence-electron chi connectivity index (χ2n) is 11.3. The van der Waals surface area contributed by atoms with Gasteiger partial charge in [0, 0.05) is 28.3 Å². The predicted octanol–water partition coefficient (Wildman–Crippen LogP) is 11.5. The Hall–Kier alpha value is -6.19. The van der Waals surface area contributed by atoms with Crippen molar-refractivity contribution in [3.63, 3.8) is 0 Å². The maximum absolute atomic E-state index is 5.03. The van der Waals surface area contributed by atoms with Crippen LogP contribution in [0.5, 0.6) is 0 Å². The van der Waals surface area contributed by atoms with Gasteiger partial charge in [0.2, 0.25) is 0 Å². The molecule has 46 heavy (non-hydrogen) atoms. The van der Waals surface area contributed by atoms with Crippen LogP contribution < -0.4 is 4.90 Å². The number of benzene rings is 7. The summed E-state index contributed by atoms with van der Waals surface area (Å²) >= 11 is 0. The fourth-order valence-corrected chi connectivity index (χ4v) is 6.13. The van der Waals surface area contributed by atoms with Crippen LogP contribution in [-0.4, -0.2) is 9.55 Å². The molecule has 0 N–H and O–H groups in total. The summed E-state index contributed by atoms with van der Waals surface area (Å²) < 4.78 is 2.25. The first-order valence-corrected chi connectivity index (χ1v) is 15.6. The molecular weight excluding hydrogens is 558 g/mol. The number of imidazole rings is 1. The van der Waals surface area contributed by atoms with Crippen molar-refractivity contribution < 1.29 is 0 Å². The lowest BCUT2D eigenvalue weighted by molar-refractivity contribution is 1.10. The molecule has 3 nitrogen and oxygen atoms in total. The minimum Gasteiger partial charge on any atom is -0.311 e. The number of nitrogens with zero attached hydrogens (tertiary/aromatic N) is 3. The quantitative estimate of drug-likeness (QED) is 0.184. The minimum atomic E-state index is 0.930. The molecule has 3 heteroatoms. The Balaban J connectivity index is 1.21. The standard InChI is InChI=1S/C43H31N3/c1-4-12-32(13-5-1)34-20-24-37(25-21-34)45(38-26-22-35(23-27-38)33-14-6-2-7-15-33)39-28-30-40(31-29-39)46-42-19-11-10-18-41(42)44-43(46)36-16-8-3-9-17-36/h1-31H. The van der Waals surface area contributed by atoms with Crippen LogP contribution in [0.25, 0.3) is 50.4 Å². The smallest absolute Gasteiger partial charge is 0.145 e. The van der Waals surface area contributed by atoms with Crippen molar-refractivity contribution in [3.05, 3.63) is 188 Å². The van der Waals surface area contributed by atoms with Crippen LogP contribution in [0.3, 0.4) is 0 Å². The lowest BCUT2D eigenvalue weighted by atomic mass is 10.0. The van der Waals surface area contributed by atoms with Crippen molar-refractivity contribution in [2.24, 2.45) is 0 Å². The van der Waals surface area contributed by atoms with Crippen LogP contribution in [0.2, 0.25) is 0 Å². The highest BCUT2D eigenvalue weighted by Crippen LogP contribution is 2.38. The lowest BCUT2D eigenvalue weighted by Gasteiger charge is -2.26. The van der Waals surface area contributed by atoms with Crippen LogP contribution in [0.1, 0.15) is 0 Å². The highest BCUT2D eigenvalue weighted by molar-refractivity contribution is 5.84. The highest BCUT2D eigenvalue weighted by Gasteiger charge is 2.17. The molecule has 0 amide bonds. The largest absolute Gasteiger partial charge is 0.311 e. The van der Waals surface area contributed by atoms with E-state index in [0.717, 1.165) is 45.2 Å². The number of para-hydroxylation sites is 2. The third-order valence-corrected chi connectivity index (χ3v) is 8.42. The van der Waals surface area contributed by atoms with E-state index in [1.54, 1.807) is 0 Å². The molecule has 1 aromatic heterocycles. The van der Waals surface area contributed by atoms with Gasteiger partial charge in [-0.15, -0.1) is 0 Å². The van der Waals surface area contributed by atoms with E-state index in [4.69, 9.17) is 4.98 Å². The zero-order valence-electron chi connectivity index (χ0n) is 25.2. The number of anilines is 3. The summed E-state index contributed by atoms with van der Waals surface area (Å²) in [5, 5.41) is 0. The van der Waals surface area contributed by atoms with Gasteiger partial charge in [-0.05, 0) is 82.9 Å². The van der Waals surface area contributed by atoms with Crippen LogP contribution in [-0.2, 0) is 0 Å². The zero-order chi connectivity index (χ0) is 30.7. The van der Waals surface area contributed by atoms with Crippen molar-refractivity contribution in [1.82, 2.24) is 9.55 Å². The minimum absolute atomic E-state index is 0.930. The zero-order valence-corrected chi connectivity index (χ0v) is 25.2. The molecule has 0 unspecified atom stereocenters. The highest BCUT2D eigenvalue weighted by atomic mass is 15.1. The second kappa shape index (κ2) is 12.1. The summed E-state index contributed by atoms with van der Waals surface area (Å²) in [6.07, 6.45) is 0. The maximum atomic E-state index is 5.03. The van der Waals surface area contributed by atoms with E-state index in [1.165, 1.54) is 22.3 Å². The van der Waals surface area contributed by atoms with Gasteiger partial charge in [0.1, 0.15) is 5.82 Å². The van der Waals surface area contributed by atoms with Gasteiger partial charge < -0.3 is 4.90 Å². The number of aromatic nitrogens is 2. The van der Waals surface area contributed by atoms with Gasteiger partial charge in [-0.1, -0.05) is 127 Å². The van der Waals surface area contributed by atoms with E-state index in [-0.39, 0.29) is 0 Å². The summed E-state index contributed by atoms with van der Waals surface area (Å²) in [6, 6.07) is 66.2. The third-order valence-electron chi connectivity index (χ3n) is 8.42. The van der Waals surface area contributed by atoms with Gasteiger partial charge >= 0.3 is 0 Å². The molecule has 7 aromatic carbocycles. The lowest BCUT2D eigenvalue weighted by Crippen LogP contribution is -2.10. The Labute approximate surface area is 269 Å². The molecule has 218 valence electrons. The molecule has 0 aliphatic heterocycles. The summed E-state index contributed by atoms with van der Waals surface area (Å²) in [6.45, 7) is 0. The van der Waals surface area contributed by atoms with Gasteiger partial charge in [0.15, 0.2) is 0 Å². The van der Waals surface area contributed by atoms with E-state index in [1.807, 2.05) is 12.1 Å². The first kappa shape index (κ1) is 27.4. The number of hydrogen-bond donors (Lipinski definition) is 0. The van der Waals surface area contributed by atoms with Crippen molar-refractivity contribution in [2.75, 3.05) is 4.90 Å². The van der Waals surface area contributed by atoms with E-state index in [0.29, 0.717) is 0 Å². The fraction of sp³-hybridized carbons (Fsp3) is 0. The molecule has 0 aliphatic rings. The Morgan fingerprint density at radius 3 is 1.24 bits per heavy atom. The SMILES string of the molecule is c1ccc(-c2ccc(N(c3ccc(-c4ccccc4)cc3)c3ccc(-n4c(-c5ccccc5)nc5ccccc54)cc3)cc2)cc1. The summed E-state index contributed by atoms with van der Waals surface area (Å²) in [4.78, 5) is 7.35. The number of hydrogen-bond acceptors (Lipinski definition) is 2. The topological polar surface area (TPSA) is 21.1 Å². The Morgan fingerprint density at radius 2 is 0.739 bits per heavy atom. The molecule has 8 rings (SSSR count). The first-order valence-electron chi connectivity index (χ1n) is 15.6. The molecule has 0 spiro atoms. The first-order chi connectivity index (χ1) is 22.8. The van der Waals surface area contributed by atoms with E-state index >= 15 is 0 Å². The summed E-state index contributed by atoms with van der Waals surface area (Å²) in [5.41, 5.74) is 12.3. The van der Waals surface area contributed by atoms with Crippen molar-refractivity contribution in [3.8, 4) is 39.3 Å². The second-order valence-corrected chi connectivity index (χ2v) is 11.3. The van der Waals surface area contributed by atoms with E-state index < -0.39 is 0 Å². The molecule has 0 fully saturated rings. The molecule has 0 saturated carbocycles. The molecular formula is C43H31N3. The summed E-state index contributed by atoms with van der Waals surface area (Å²) in [5.74, 6) is 0.930. The molecule has 0 radical (unpaired) electrons. The molecule has 8 aromatic rings. The molecule has 0 bridgehead atoms. The van der Waals surface area contributed by atoms with Crippen LogP contribution in [0.4, 0.5) is 17.1 Å². The normalized spacial score (nSPS) is 11.0. The van der Waals surface area contributed by atoms with Crippen LogP contribution >= 0.6 is 0 Å². The molecule has 0 atom stereocenters. The fourth-order valence-electron chi connectivity index (χ4n) is 6.13. The maximum Gasteiger partial charge on any atom is 0.145 e. The Kier molecular flexibility index (Phi) is 7.18. The number of rotatable bonds is 7. The summed E-state index contributed by atoms with van der Waals surface area (Å²) in [7, 11) is 0. The van der Waals surface area contributed by atoms with Gasteiger partial charge in [0.05, 0.1) is 11.0 Å². The average molecular weight is 590 g/mol. The van der Waals surface area contributed by atoms with E-state index in [2.05, 4.69) is 185 Å². The van der Waals surface area contributed by atoms with Crippen LogP contribution in [0, 0.1) is 0 Å². The third kappa shape index (κ3) is 5.25. The van der Waals surface area contributed by atoms with Gasteiger partial charge in [0.25, 0.3) is 0 Å². The van der Waals surface area contributed by atoms with Gasteiger partial charge in [-0.25, -0.2) is 4.98 Å². The monoisotopic (exact) mass is 589 g/mol. The van der Waals surface area contributed by atoms with Gasteiger partial charge in [-0.3, -0.25) is 4.57 Å². The molecule has 1 heterocycles. The molecule has 0 saturated heterocycles. The van der Waals surface area contributed by atoms with Crippen molar-refractivity contribution in [2.45, 2.75) is 0 Å². The Bertz CT molecular complexity index is 2120. The van der Waals surface area contributed by atoms with Crippen molar-refractivity contribution in [1.29, 1.82) is 0 Å². The predicted molar refractivity (Wildman–Crippen MR) is 192 cm³/mol. The average Bonchev–Trinajstić information content (AvgIpc) is 3.54. The Morgan fingerprint density at radius 1 is 0.348 bits per heavy atom.